The quantitative estimate of drug-likeness (QED) is 0.404. The van der Waals surface area contributed by atoms with Crippen LogP contribution in [0.5, 0.6) is 11.5 Å². The van der Waals surface area contributed by atoms with Crippen LogP contribution in [0.2, 0.25) is 0 Å². The van der Waals surface area contributed by atoms with Crippen LogP contribution in [0.3, 0.4) is 0 Å². The predicted molar refractivity (Wildman–Crippen MR) is 85.1 cm³/mol. The molecule has 23 heavy (non-hydrogen) atoms. The molecular weight excluding hydrogens is 374 g/mol. The van der Waals surface area contributed by atoms with Crippen LogP contribution in [0.1, 0.15) is 5.56 Å². The third kappa shape index (κ3) is 3.63. The third-order valence-electron chi connectivity index (χ3n) is 2.69. The lowest BCUT2D eigenvalue weighted by Crippen LogP contribution is -2.10. The summed E-state index contributed by atoms with van der Waals surface area (Å²) >= 11 is 3.07. The number of aromatic amines is 1. The summed E-state index contributed by atoms with van der Waals surface area (Å²) in [5, 5.41) is 30.3. The molecule has 120 valence electrons. The Morgan fingerprint density at radius 2 is 2.30 bits per heavy atom. The number of nitrogens with one attached hydrogen (secondary N) is 2. The van der Waals surface area contributed by atoms with Gasteiger partial charge in [-0.05, 0) is 22.0 Å². The molecule has 0 saturated carbocycles. The van der Waals surface area contributed by atoms with Crippen molar-refractivity contribution < 1.29 is 14.8 Å². The highest BCUT2D eigenvalue weighted by Crippen LogP contribution is 2.36. The molecule has 3 N–H and O–H groups in total. The van der Waals surface area contributed by atoms with Crippen molar-refractivity contribution in [1.82, 2.24) is 10.2 Å². The van der Waals surface area contributed by atoms with Gasteiger partial charge in [-0.1, -0.05) is 0 Å². The molecule has 0 aliphatic carbocycles. The van der Waals surface area contributed by atoms with E-state index >= 15 is 0 Å². The first-order valence-electron chi connectivity index (χ1n) is 6.01. The Morgan fingerprint density at radius 3 is 2.96 bits per heavy atom. The summed E-state index contributed by atoms with van der Waals surface area (Å²) in [6.45, 7) is 0. The highest BCUT2D eigenvalue weighted by atomic mass is 79.9. The molecule has 0 fully saturated rings. The van der Waals surface area contributed by atoms with Crippen molar-refractivity contribution in [2.24, 2.45) is 5.10 Å². The van der Waals surface area contributed by atoms with Gasteiger partial charge in [-0.2, -0.15) is 10.2 Å². The molecule has 2 rings (SSSR count). The van der Waals surface area contributed by atoms with E-state index in [1.807, 2.05) is 0 Å². The fourth-order valence-electron chi connectivity index (χ4n) is 1.62. The molecule has 10 nitrogen and oxygen atoms in total. The first-order chi connectivity index (χ1) is 10.9. The Kier molecular flexibility index (Phi) is 4.91. The SMILES string of the molecule is COc1cc(/C=N\Nc2cn[nH]c(=O)c2Br)cc([N+](=O)[O-])c1O. The Balaban J connectivity index is 2.29. The van der Waals surface area contributed by atoms with Gasteiger partial charge in [0.15, 0.2) is 5.75 Å². The van der Waals surface area contributed by atoms with Crippen molar-refractivity contribution in [1.29, 1.82) is 0 Å². The fourth-order valence-corrected chi connectivity index (χ4v) is 1.90. The van der Waals surface area contributed by atoms with Crippen molar-refractivity contribution in [3.63, 3.8) is 0 Å². The maximum Gasteiger partial charge on any atom is 0.315 e. The normalized spacial score (nSPS) is 10.7. The molecule has 0 spiro atoms. The van der Waals surface area contributed by atoms with Crippen LogP contribution in [0.4, 0.5) is 11.4 Å². The van der Waals surface area contributed by atoms with Crippen molar-refractivity contribution in [2.45, 2.75) is 0 Å². The molecule has 0 saturated heterocycles. The number of benzene rings is 1. The lowest BCUT2D eigenvalue weighted by atomic mass is 10.2. The van der Waals surface area contributed by atoms with Gasteiger partial charge in [-0.15, -0.1) is 0 Å². The number of ether oxygens (including phenoxy) is 1. The van der Waals surface area contributed by atoms with Crippen LogP contribution in [0.15, 0.2) is 32.7 Å². The zero-order valence-electron chi connectivity index (χ0n) is 11.6. The molecule has 0 amide bonds. The Morgan fingerprint density at radius 1 is 1.57 bits per heavy atom. The van der Waals surface area contributed by atoms with E-state index < -0.39 is 21.9 Å². The van der Waals surface area contributed by atoms with Crippen molar-refractivity contribution in [2.75, 3.05) is 12.5 Å². The minimum Gasteiger partial charge on any atom is -0.500 e. The van der Waals surface area contributed by atoms with Gasteiger partial charge >= 0.3 is 5.69 Å². The monoisotopic (exact) mass is 383 g/mol. The smallest absolute Gasteiger partial charge is 0.315 e. The molecule has 0 bridgehead atoms. The number of nitrogens with zero attached hydrogens (tertiary/aromatic N) is 3. The Bertz CT molecular complexity index is 835. The third-order valence-corrected chi connectivity index (χ3v) is 3.48. The van der Waals surface area contributed by atoms with Gasteiger partial charge in [0.05, 0.1) is 30.1 Å². The molecule has 1 aromatic heterocycles. The summed E-state index contributed by atoms with van der Waals surface area (Å²) in [7, 11) is 1.27. The van der Waals surface area contributed by atoms with E-state index in [4.69, 9.17) is 4.74 Å². The van der Waals surface area contributed by atoms with Crippen LogP contribution >= 0.6 is 15.9 Å². The van der Waals surface area contributed by atoms with Gasteiger partial charge in [0.1, 0.15) is 4.47 Å². The molecular formula is C12H10BrN5O5. The lowest BCUT2D eigenvalue weighted by molar-refractivity contribution is -0.386. The number of aromatic nitrogens is 2. The predicted octanol–water partition coefficient (Wildman–Crippen LogP) is 1.60. The van der Waals surface area contributed by atoms with Gasteiger partial charge in [0.2, 0.25) is 5.75 Å². The maximum atomic E-state index is 11.3. The zero-order valence-corrected chi connectivity index (χ0v) is 13.2. The van der Waals surface area contributed by atoms with E-state index in [1.54, 1.807) is 0 Å². The first-order valence-corrected chi connectivity index (χ1v) is 6.81. The number of phenols is 1. The van der Waals surface area contributed by atoms with E-state index in [1.165, 1.54) is 25.6 Å². The van der Waals surface area contributed by atoms with E-state index in [2.05, 4.69) is 36.7 Å². The van der Waals surface area contributed by atoms with Crippen molar-refractivity contribution >= 4 is 33.5 Å². The highest BCUT2D eigenvalue weighted by molar-refractivity contribution is 9.10. The molecule has 0 aliphatic heterocycles. The average molecular weight is 384 g/mol. The number of rotatable bonds is 5. The van der Waals surface area contributed by atoms with Crippen LogP contribution in [-0.4, -0.2) is 33.6 Å². The van der Waals surface area contributed by atoms with Crippen molar-refractivity contribution in [3.05, 3.63) is 48.8 Å². The first kappa shape index (κ1) is 16.4. The minimum absolute atomic E-state index is 0.0559. The number of aromatic hydroxyl groups is 1. The van der Waals surface area contributed by atoms with Crippen molar-refractivity contribution in [3.8, 4) is 11.5 Å². The topological polar surface area (TPSA) is 143 Å². The largest absolute Gasteiger partial charge is 0.500 e. The number of nitro groups is 1. The molecule has 0 atom stereocenters. The molecule has 11 heteroatoms. The van der Waals surface area contributed by atoms with E-state index in [0.717, 1.165) is 6.07 Å². The lowest BCUT2D eigenvalue weighted by Gasteiger charge is -2.05. The number of methoxy groups -OCH3 is 1. The fraction of sp³-hybridized carbons (Fsp3) is 0.0833. The van der Waals surface area contributed by atoms with Gasteiger partial charge in [-0.3, -0.25) is 20.3 Å². The number of nitro benzene ring substituents is 1. The number of phenolic OH excluding ortho intramolecular Hbond substituents is 1. The highest BCUT2D eigenvalue weighted by Gasteiger charge is 2.19. The van der Waals surface area contributed by atoms with Crippen LogP contribution in [-0.2, 0) is 0 Å². The zero-order chi connectivity index (χ0) is 17.0. The number of hydrogen-bond acceptors (Lipinski definition) is 8. The summed E-state index contributed by atoms with van der Waals surface area (Å²) in [6, 6.07) is 2.51. The summed E-state index contributed by atoms with van der Waals surface area (Å²) in [6.07, 6.45) is 2.60. The second-order valence-corrected chi connectivity index (χ2v) is 4.94. The summed E-state index contributed by atoms with van der Waals surface area (Å²) in [5.74, 6) is -0.621. The Hall–Kier alpha value is -2.95. The molecule has 2 aromatic rings. The number of hydrogen-bond donors (Lipinski definition) is 3. The second-order valence-electron chi connectivity index (χ2n) is 4.14. The Labute approximate surface area is 137 Å². The van der Waals surface area contributed by atoms with Crippen LogP contribution in [0, 0.1) is 10.1 Å². The molecule has 1 heterocycles. The number of hydrazone groups is 1. The standard InChI is InChI=1S/C12H10BrN5O5/c1-23-9-3-6(2-8(11(9)19)18(21)22)4-14-16-7-5-15-17-12(20)10(7)13/h2-5,19H,1H3,(H2,16,17,20)/b14-4-. The van der Waals surface area contributed by atoms with Crippen LogP contribution < -0.4 is 15.7 Å². The molecule has 0 aliphatic rings. The summed E-state index contributed by atoms with van der Waals surface area (Å²) in [5.41, 5.74) is 2.25. The van der Waals surface area contributed by atoms with E-state index in [9.17, 15) is 20.0 Å². The molecule has 1 aromatic carbocycles. The number of anilines is 1. The van der Waals surface area contributed by atoms with E-state index in [0.29, 0.717) is 11.3 Å². The number of H-pyrrole nitrogens is 1. The van der Waals surface area contributed by atoms with Gasteiger partial charge in [0.25, 0.3) is 5.56 Å². The van der Waals surface area contributed by atoms with Crippen LogP contribution in [0.25, 0.3) is 0 Å². The van der Waals surface area contributed by atoms with Gasteiger partial charge < -0.3 is 9.84 Å². The second kappa shape index (κ2) is 6.87. The minimum atomic E-state index is -0.736. The number of halogens is 1. The van der Waals surface area contributed by atoms with Gasteiger partial charge in [0, 0.05) is 11.6 Å². The van der Waals surface area contributed by atoms with Gasteiger partial charge in [-0.25, -0.2) is 5.10 Å². The summed E-state index contributed by atoms with van der Waals surface area (Å²) in [4.78, 5) is 21.5. The maximum absolute atomic E-state index is 11.3. The van der Waals surface area contributed by atoms with E-state index in [-0.39, 0.29) is 10.2 Å². The summed E-state index contributed by atoms with van der Waals surface area (Å²) < 4.78 is 5.08. The average Bonchev–Trinajstić information content (AvgIpc) is 2.52. The molecule has 0 unspecified atom stereocenters. The molecule has 0 radical (unpaired) electrons.